The molecule has 1 amide bonds. The van der Waals surface area contributed by atoms with E-state index in [9.17, 15) is 9.59 Å². The summed E-state index contributed by atoms with van der Waals surface area (Å²) in [5.74, 6) is 0.458. The number of aromatic nitrogens is 1. The van der Waals surface area contributed by atoms with Gasteiger partial charge in [0.15, 0.2) is 12.9 Å². The van der Waals surface area contributed by atoms with Crippen LogP contribution in [0.3, 0.4) is 0 Å². The molecule has 0 radical (unpaired) electrons. The molecule has 1 aromatic heterocycles. The number of hydrogen-bond acceptors (Lipinski definition) is 4. The van der Waals surface area contributed by atoms with Gasteiger partial charge in [0.1, 0.15) is 11.4 Å². The van der Waals surface area contributed by atoms with Gasteiger partial charge in [-0.15, -0.1) is 0 Å². The summed E-state index contributed by atoms with van der Waals surface area (Å²) in [6.07, 6.45) is 4.26. The second kappa shape index (κ2) is 4.95. The quantitative estimate of drug-likeness (QED) is 0.710. The molecule has 1 aliphatic rings. The Bertz CT molecular complexity index is 412. The SMILES string of the molecule is CN(C(=O)COc1ccc(C=O)nc1)C1CC1. The number of hydrogen-bond donors (Lipinski definition) is 0. The smallest absolute Gasteiger partial charge is 0.260 e. The second-order valence-electron chi connectivity index (χ2n) is 4.06. The van der Waals surface area contributed by atoms with Crippen LogP contribution in [0.2, 0.25) is 0 Å². The van der Waals surface area contributed by atoms with Crippen LogP contribution in [0, 0.1) is 0 Å². The Morgan fingerprint density at radius 1 is 1.59 bits per heavy atom. The van der Waals surface area contributed by atoms with Crippen molar-refractivity contribution in [3.8, 4) is 5.75 Å². The van der Waals surface area contributed by atoms with Crippen LogP contribution in [-0.4, -0.2) is 41.8 Å². The van der Waals surface area contributed by atoms with Crippen molar-refractivity contribution in [3.05, 3.63) is 24.0 Å². The van der Waals surface area contributed by atoms with E-state index in [0.29, 0.717) is 23.8 Å². The minimum atomic E-state index is -0.0352. The third-order valence-electron chi connectivity index (χ3n) is 2.73. The molecule has 1 aromatic rings. The fourth-order valence-electron chi connectivity index (χ4n) is 1.46. The molecule has 1 saturated carbocycles. The number of carbonyl (C=O) groups is 2. The highest BCUT2D eigenvalue weighted by atomic mass is 16.5. The number of carbonyl (C=O) groups excluding carboxylic acids is 2. The van der Waals surface area contributed by atoms with E-state index < -0.39 is 0 Å². The van der Waals surface area contributed by atoms with Gasteiger partial charge in [-0.05, 0) is 25.0 Å². The van der Waals surface area contributed by atoms with Crippen LogP contribution >= 0.6 is 0 Å². The normalized spacial score (nSPS) is 14.2. The first-order valence-corrected chi connectivity index (χ1v) is 5.50. The Balaban J connectivity index is 1.83. The van der Waals surface area contributed by atoms with Gasteiger partial charge in [0.05, 0.1) is 6.20 Å². The van der Waals surface area contributed by atoms with Crippen LogP contribution in [-0.2, 0) is 4.79 Å². The number of rotatable bonds is 5. The Hall–Kier alpha value is -1.91. The Labute approximate surface area is 99.4 Å². The van der Waals surface area contributed by atoms with Crippen molar-refractivity contribution in [2.75, 3.05) is 13.7 Å². The zero-order valence-corrected chi connectivity index (χ0v) is 9.63. The summed E-state index contributed by atoms with van der Waals surface area (Å²) < 4.78 is 5.30. The molecule has 17 heavy (non-hydrogen) atoms. The average Bonchev–Trinajstić information content (AvgIpc) is 3.20. The summed E-state index contributed by atoms with van der Waals surface area (Å²) in [7, 11) is 1.79. The Kier molecular flexibility index (Phi) is 3.37. The van der Waals surface area contributed by atoms with E-state index in [2.05, 4.69) is 4.98 Å². The van der Waals surface area contributed by atoms with Gasteiger partial charge < -0.3 is 9.64 Å². The summed E-state index contributed by atoms with van der Waals surface area (Å²) >= 11 is 0. The van der Waals surface area contributed by atoms with E-state index in [1.807, 2.05) is 0 Å². The highest BCUT2D eigenvalue weighted by Gasteiger charge is 2.29. The van der Waals surface area contributed by atoms with Gasteiger partial charge in [-0.2, -0.15) is 0 Å². The summed E-state index contributed by atoms with van der Waals surface area (Å²) in [5, 5.41) is 0. The molecule has 0 spiro atoms. The van der Waals surface area contributed by atoms with Gasteiger partial charge in [-0.25, -0.2) is 4.98 Å². The van der Waals surface area contributed by atoms with E-state index in [0.717, 1.165) is 12.8 Å². The van der Waals surface area contributed by atoms with Crippen LogP contribution in [0.15, 0.2) is 18.3 Å². The van der Waals surface area contributed by atoms with E-state index >= 15 is 0 Å². The van der Waals surface area contributed by atoms with Gasteiger partial charge in [0.2, 0.25) is 0 Å². The number of pyridine rings is 1. The highest BCUT2D eigenvalue weighted by Crippen LogP contribution is 2.25. The highest BCUT2D eigenvalue weighted by molar-refractivity contribution is 5.78. The summed E-state index contributed by atoms with van der Waals surface area (Å²) in [4.78, 5) is 27.6. The maximum atomic E-state index is 11.6. The minimum Gasteiger partial charge on any atom is -0.482 e. The van der Waals surface area contributed by atoms with E-state index in [1.54, 1.807) is 24.1 Å². The molecule has 2 rings (SSSR count). The van der Waals surface area contributed by atoms with Gasteiger partial charge in [-0.1, -0.05) is 0 Å². The van der Waals surface area contributed by atoms with Gasteiger partial charge >= 0.3 is 0 Å². The molecule has 0 aromatic carbocycles. The lowest BCUT2D eigenvalue weighted by atomic mass is 10.4. The maximum Gasteiger partial charge on any atom is 0.260 e. The van der Waals surface area contributed by atoms with Crippen LogP contribution in [0.25, 0.3) is 0 Å². The van der Waals surface area contributed by atoms with Crippen LogP contribution in [0.4, 0.5) is 0 Å². The predicted molar refractivity (Wildman–Crippen MR) is 60.9 cm³/mol. The molecule has 5 heteroatoms. The van der Waals surface area contributed by atoms with Crippen molar-refractivity contribution in [1.82, 2.24) is 9.88 Å². The van der Waals surface area contributed by atoms with Crippen LogP contribution in [0.1, 0.15) is 23.3 Å². The van der Waals surface area contributed by atoms with Crippen molar-refractivity contribution in [3.63, 3.8) is 0 Å². The fourth-order valence-corrected chi connectivity index (χ4v) is 1.46. The molecule has 0 atom stereocenters. The molecule has 0 aliphatic heterocycles. The molecular formula is C12H14N2O3. The molecule has 0 unspecified atom stereocenters. The molecule has 1 aliphatic carbocycles. The zero-order chi connectivity index (χ0) is 12.3. The van der Waals surface area contributed by atoms with Crippen molar-refractivity contribution in [2.24, 2.45) is 0 Å². The largest absolute Gasteiger partial charge is 0.482 e. The molecule has 5 nitrogen and oxygen atoms in total. The molecule has 1 heterocycles. The lowest BCUT2D eigenvalue weighted by Gasteiger charge is -2.16. The number of likely N-dealkylation sites (N-methyl/N-ethyl adjacent to an activating group) is 1. The topological polar surface area (TPSA) is 59.5 Å². The van der Waals surface area contributed by atoms with Crippen LogP contribution in [0.5, 0.6) is 5.75 Å². The van der Waals surface area contributed by atoms with E-state index in [-0.39, 0.29) is 12.5 Å². The van der Waals surface area contributed by atoms with Crippen molar-refractivity contribution >= 4 is 12.2 Å². The first-order valence-electron chi connectivity index (χ1n) is 5.50. The van der Waals surface area contributed by atoms with Crippen molar-refractivity contribution in [2.45, 2.75) is 18.9 Å². The molecular weight excluding hydrogens is 220 g/mol. The van der Waals surface area contributed by atoms with Gasteiger partial charge in [0.25, 0.3) is 5.91 Å². The summed E-state index contributed by atoms with van der Waals surface area (Å²) in [6, 6.07) is 3.57. The molecule has 90 valence electrons. The van der Waals surface area contributed by atoms with E-state index in [4.69, 9.17) is 4.74 Å². The molecule has 0 saturated heterocycles. The first-order chi connectivity index (χ1) is 8.20. The summed E-state index contributed by atoms with van der Waals surface area (Å²) in [5.41, 5.74) is 0.346. The predicted octanol–water partition coefficient (Wildman–Crippen LogP) is 0.894. The summed E-state index contributed by atoms with van der Waals surface area (Å²) in [6.45, 7) is 0.00904. The average molecular weight is 234 g/mol. The maximum absolute atomic E-state index is 11.6. The van der Waals surface area contributed by atoms with Crippen LogP contribution < -0.4 is 4.74 Å². The third-order valence-corrected chi connectivity index (χ3v) is 2.73. The minimum absolute atomic E-state index is 0.00904. The number of aldehydes is 1. The molecule has 1 fully saturated rings. The lowest BCUT2D eigenvalue weighted by Crippen LogP contribution is -2.33. The monoisotopic (exact) mass is 234 g/mol. The zero-order valence-electron chi connectivity index (χ0n) is 9.63. The van der Waals surface area contributed by atoms with Gasteiger partial charge in [0, 0.05) is 13.1 Å². The Morgan fingerprint density at radius 3 is 2.88 bits per heavy atom. The van der Waals surface area contributed by atoms with Crippen molar-refractivity contribution < 1.29 is 14.3 Å². The second-order valence-corrected chi connectivity index (χ2v) is 4.06. The van der Waals surface area contributed by atoms with Crippen molar-refractivity contribution in [1.29, 1.82) is 0 Å². The standard InChI is InChI=1S/C12H14N2O3/c1-14(10-3-4-10)12(16)8-17-11-5-2-9(7-15)13-6-11/h2,5-7,10H,3-4,8H2,1H3. The number of nitrogens with zero attached hydrogens (tertiary/aromatic N) is 2. The number of amides is 1. The third kappa shape index (κ3) is 3.03. The molecule has 0 bridgehead atoms. The van der Waals surface area contributed by atoms with Gasteiger partial charge in [-0.3, -0.25) is 9.59 Å². The fraction of sp³-hybridized carbons (Fsp3) is 0.417. The number of ether oxygens (including phenoxy) is 1. The van der Waals surface area contributed by atoms with E-state index in [1.165, 1.54) is 6.20 Å². The molecule has 0 N–H and O–H groups in total. The lowest BCUT2D eigenvalue weighted by molar-refractivity contribution is -0.132. The Morgan fingerprint density at radius 2 is 2.35 bits per heavy atom. The first kappa shape index (κ1) is 11.6.